The van der Waals surface area contributed by atoms with Gasteiger partial charge in [-0.05, 0) is 86.4 Å². The highest BCUT2D eigenvalue weighted by Crippen LogP contribution is 2.41. The number of carbonyl (C=O) groups excluding carboxylic acids is 1. The maximum absolute atomic E-state index is 14.0. The van der Waals surface area contributed by atoms with Crippen LogP contribution in [0.3, 0.4) is 0 Å². The molecule has 1 saturated heterocycles. The molecule has 0 bridgehead atoms. The zero-order valence-electron chi connectivity index (χ0n) is 24.1. The summed E-state index contributed by atoms with van der Waals surface area (Å²) in [7, 11) is -4.33. The second kappa shape index (κ2) is 11.6. The van der Waals surface area contributed by atoms with Gasteiger partial charge in [0, 0.05) is 17.9 Å². The molecule has 2 aromatic carbocycles. The van der Waals surface area contributed by atoms with E-state index in [1.807, 2.05) is 51.1 Å². The molecule has 1 aliphatic heterocycles. The molecule has 1 unspecified atom stereocenters. The SMILES string of the molecule is Cc1c(-c2cc(C(=O)NS(=O)(=O)c3cccc(N)n3)c3c(OC(C)C4CCOCC4)ccc(C)c3n2)sc2ccccc12. The summed E-state index contributed by atoms with van der Waals surface area (Å²) in [6.45, 7) is 7.31. The molecule has 3 aromatic heterocycles. The van der Waals surface area contributed by atoms with Gasteiger partial charge in [-0.3, -0.25) is 4.79 Å². The van der Waals surface area contributed by atoms with Gasteiger partial charge < -0.3 is 15.2 Å². The summed E-state index contributed by atoms with van der Waals surface area (Å²) >= 11 is 1.58. The van der Waals surface area contributed by atoms with Crippen molar-refractivity contribution in [2.45, 2.75) is 44.7 Å². The molecule has 0 spiro atoms. The fourth-order valence-electron chi connectivity index (χ4n) is 5.55. The second-order valence-electron chi connectivity index (χ2n) is 10.8. The summed E-state index contributed by atoms with van der Waals surface area (Å²) in [6, 6.07) is 17.7. The van der Waals surface area contributed by atoms with Crippen molar-refractivity contribution in [3.63, 3.8) is 0 Å². The molecule has 0 aliphatic carbocycles. The van der Waals surface area contributed by atoms with Gasteiger partial charge in [-0.1, -0.05) is 30.3 Å². The van der Waals surface area contributed by atoms with Gasteiger partial charge in [0.1, 0.15) is 11.6 Å². The summed E-state index contributed by atoms with van der Waals surface area (Å²) in [5.41, 5.74) is 8.88. The van der Waals surface area contributed by atoms with Gasteiger partial charge in [-0.15, -0.1) is 11.3 Å². The maximum Gasteiger partial charge on any atom is 0.281 e. The van der Waals surface area contributed by atoms with Crippen molar-refractivity contribution in [3.8, 4) is 16.3 Å². The lowest BCUT2D eigenvalue weighted by Crippen LogP contribution is -2.32. The Kier molecular flexibility index (Phi) is 7.80. The van der Waals surface area contributed by atoms with E-state index in [4.69, 9.17) is 20.2 Å². The number of nitrogens with zero attached hydrogens (tertiary/aromatic N) is 2. The number of anilines is 1. The Bertz CT molecular complexity index is 1970. The van der Waals surface area contributed by atoms with Gasteiger partial charge in [0.2, 0.25) is 0 Å². The third-order valence-corrected chi connectivity index (χ3v) is 10.5. The van der Waals surface area contributed by atoms with Crippen LogP contribution in [0.5, 0.6) is 5.75 Å². The fraction of sp³-hybridized carbons (Fsp3) is 0.281. The summed E-state index contributed by atoms with van der Waals surface area (Å²) < 4.78 is 41.9. The van der Waals surface area contributed by atoms with Crippen molar-refractivity contribution >= 4 is 54.1 Å². The number of hydrogen-bond acceptors (Lipinski definition) is 9. The van der Waals surface area contributed by atoms with Crippen LogP contribution in [0.1, 0.15) is 41.3 Å². The average Bonchev–Trinajstić information content (AvgIpc) is 3.34. The molecule has 9 nitrogen and oxygen atoms in total. The van der Waals surface area contributed by atoms with Gasteiger partial charge >= 0.3 is 0 Å². The number of nitrogen functional groups attached to an aromatic ring is 1. The smallest absolute Gasteiger partial charge is 0.281 e. The number of pyridine rings is 2. The number of fused-ring (bicyclic) bond motifs is 2. The Hall–Kier alpha value is -4.06. The van der Waals surface area contributed by atoms with Crippen molar-refractivity contribution in [1.82, 2.24) is 14.7 Å². The molecule has 3 N–H and O–H groups in total. The third kappa shape index (κ3) is 5.67. The molecule has 0 saturated carbocycles. The molecule has 4 heterocycles. The molecule has 5 aromatic rings. The molecule has 6 rings (SSSR count). The first-order valence-electron chi connectivity index (χ1n) is 14.1. The Morgan fingerprint density at radius 3 is 2.58 bits per heavy atom. The molecular formula is C32H32N4O5S2. The van der Waals surface area contributed by atoms with Gasteiger partial charge in [-0.2, -0.15) is 8.42 Å². The van der Waals surface area contributed by atoms with Gasteiger partial charge in [-0.25, -0.2) is 14.7 Å². The lowest BCUT2D eigenvalue weighted by atomic mass is 9.94. The highest BCUT2D eigenvalue weighted by Gasteiger charge is 2.28. The van der Waals surface area contributed by atoms with Crippen molar-refractivity contribution < 1.29 is 22.7 Å². The highest BCUT2D eigenvalue weighted by molar-refractivity contribution is 7.90. The number of benzene rings is 2. The quantitative estimate of drug-likeness (QED) is 0.227. The predicted octanol–water partition coefficient (Wildman–Crippen LogP) is 6.02. The van der Waals surface area contributed by atoms with E-state index in [0.717, 1.165) is 38.9 Å². The molecule has 1 atom stereocenters. The molecule has 0 radical (unpaired) electrons. The van der Waals surface area contributed by atoms with Gasteiger partial charge in [0.15, 0.2) is 5.03 Å². The topological polar surface area (TPSA) is 134 Å². The number of nitrogens with one attached hydrogen (secondary N) is 1. The zero-order chi connectivity index (χ0) is 30.3. The number of sulfonamides is 1. The Labute approximate surface area is 254 Å². The molecule has 11 heteroatoms. The number of carbonyl (C=O) groups is 1. The molecule has 1 amide bonds. The maximum atomic E-state index is 14.0. The van der Waals surface area contributed by atoms with Crippen LogP contribution in [-0.4, -0.2) is 43.6 Å². The van der Waals surface area contributed by atoms with E-state index in [2.05, 4.69) is 15.8 Å². The van der Waals surface area contributed by atoms with E-state index in [1.165, 1.54) is 18.2 Å². The molecular weight excluding hydrogens is 585 g/mol. The van der Waals surface area contributed by atoms with Gasteiger partial charge in [0.05, 0.1) is 33.1 Å². The molecule has 43 heavy (non-hydrogen) atoms. The standard InChI is InChI=1S/C32H32N4O5S2/c1-18-11-12-25(41-20(3)21-13-15-40-16-14-21)29-23(32(37)36-43(38,39)28-10-6-9-27(33)35-28)17-24(34-30(18)29)31-19(2)22-7-4-5-8-26(22)42-31/h4-12,17,20-21H,13-16H2,1-3H3,(H2,33,35)(H,36,37). The van der Waals surface area contributed by atoms with Crippen LogP contribution in [0.2, 0.25) is 0 Å². The van der Waals surface area contributed by atoms with Crippen LogP contribution in [0.4, 0.5) is 5.82 Å². The number of hydrogen-bond donors (Lipinski definition) is 2. The summed E-state index contributed by atoms with van der Waals surface area (Å²) in [6.07, 6.45) is 1.59. The summed E-state index contributed by atoms with van der Waals surface area (Å²) in [5, 5.41) is 1.21. The Morgan fingerprint density at radius 1 is 1.07 bits per heavy atom. The highest BCUT2D eigenvalue weighted by atomic mass is 32.2. The number of ether oxygens (including phenoxy) is 2. The van der Waals surface area contributed by atoms with Crippen LogP contribution >= 0.6 is 11.3 Å². The predicted molar refractivity (Wildman–Crippen MR) is 169 cm³/mol. The summed E-state index contributed by atoms with van der Waals surface area (Å²) in [4.78, 5) is 23.8. The lowest BCUT2D eigenvalue weighted by molar-refractivity contribution is 0.0243. The average molecular weight is 617 g/mol. The van der Waals surface area contributed by atoms with E-state index in [9.17, 15) is 13.2 Å². The number of aromatic nitrogens is 2. The number of aryl methyl sites for hydroxylation is 2. The van der Waals surface area contributed by atoms with Crippen molar-refractivity contribution in [3.05, 3.63) is 77.4 Å². The van der Waals surface area contributed by atoms with Crippen LogP contribution < -0.4 is 15.2 Å². The fourth-order valence-corrected chi connectivity index (χ4v) is 7.66. The first-order valence-corrected chi connectivity index (χ1v) is 16.4. The van der Waals surface area contributed by atoms with Gasteiger partial charge in [0.25, 0.3) is 15.9 Å². The van der Waals surface area contributed by atoms with E-state index < -0.39 is 15.9 Å². The number of amides is 1. The Balaban J connectivity index is 1.51. The largest absolute Gasteiger partial charge is 0.490 e. The van der Waals surface area contributed by atoms with Crippen LogP contribution in [0.25, 0.3) is 31.6 Å². The zero-order valence-corrected chi connectivity index (χ0v) is 25.7. The number of thiophene rings is 1. The first-order chi connectivity index (χ1) is 20.6. The normalized spacial score (nSPS) is 15.0. The molecule has 222 valence electrons. The monoisotopic (exact) mass is 616 g/mol. The van der Waals surface area contributed by atoms with Crippen molar-refractivity contribution in [2.75, 3.05) is 18.9 Å². The van der Waals surface area contributed by atoms with E-state index >= 15 is 0 Å². The van der Waals surface area contributed by atoms with E-state index in [0.29, 0.717) is 35.6 Å². The Morgan fingerprint density at radius 2 is 1.84 bits per heavy atom. The number of rotatable bonds is 7. The van der Waals surface area contributed by atoms with Crippen molar-refractivity contribution in [1.29, 1.82) is 0 Å². The second-order valence-corrected chi connectivity index (χ2v) is 13.5. The number of nitrogens with two attached hydrogens (primary N) is 1. The minimum Gasteiger partial charge on any atom is -0.490 e. The van der Waals surface area contributed by atoms with Crippen LogP contribution in [0, 0.1) is 19.8 Å². The van der Waals surface area contributed by atoms with E-state index in [1.54, 1.807) is 17.4 Å². The van der Waals surface area contributed by atoms with Crippen LogP contribution in [0.15, 0.2) is 65.7 Å². The molecule has 1 fully saturated rings. The van der Waals surface area contributed by atoms with E-state index in [-0.39, 0.29) is 28.4 Å². The first kappa shape index (κ1) is 29.0. The van der Waals surface area contributed by atoms with Crippen LogP contribution in [-0.2, 0) is 14.8 Å². The summed E-state index contributed by atoms with van der Waals surface area (Å²) in [5.74, 6) is -0.0337. The molecule has 1 aliphatic rings. The van der Waals surface area contributed by atoms with Crippen molar-refractivity contribution in [2.24, 2.45) is 5.92 Å². The third-order valence-electron chi connectivity index (χ3n) is 7.94. The minimum absolute atomic E-state index is 0.0284. The minimum atomic E-state index is -4.33. The lowest BCUT2D eigenvalue weighted by Gasteiger charge is -2.29.